The highest BCUT2D eigenvalue weighted by atomic mass is 79.9. The van der Waals surface area contributed by atoms with E-state index in [2.05, 4.69) is 25.9 Å². The first-order valence-electron chi connectivity index (χ1n) is 3.12. The average molecular weight is 236 g/mol. The molecule has 0 aromatic carbocycles. The zero-order chi connectivity index (χ0) is 8.43. The van der Waals surface area contributed by atoms with Gasteiger partial charge in [0.05, 0.1) is 10.2 Å². The molecule has 1 rings (SSSR count). The molecule has 0 unspecified atom stereocenters. The zero-order valence-corrected chi connectivity index (χ0v) is 8.28. The summed E-state index contributed by atoms with van der Waals surface area (Å²) in [4.78, 5) is 7.75. The maximum Gasteiger partial charge on any atom is 0.221 e. The molecule has 0 radical (unpaired) electrons. The summed E-state index contributed by atoms with van der Waals surface area (Å²) in [6, 6.07) is 0. The fourth-order valence-electron chi connectivity index (χ4n) is 0.715. The van der Waals surface area contributed by atoms with Crippen molar-refractivity contribution in [3.05, 3.63) is 15.3 Å². The molecule has 0 aliphatic carbocycles. The summed E-state index contributed by atoms with van der Waals surface area (Å²) in [5, 5.41) is 0.370. The Bertz CT molecular complexity index is 277. The summed E-state index contributed by atoms with van der Waals surface area (Å²) in [6.07, 6.45) is 0.785. The number of hydrogen-bond acceptors (Lipinski definition) is 3. The van der Waals surface area contributed by atoms with Crippen LogP contribution in [0.15, 0.2) is 4.47 Å². The predicted octanol–water partition coefficient (Wildman–Crippen LogP) is 2.04. The van der Waals surface area contributed by atoms with E-state index < -0.39 is 0 Å². The normalized spacial score (nSPS) is 10.1. The summed E-state index contributed by atoms with van der Waals surface area (Å²) in [7, 11) is 0. The van der Waals surface area contributed by atoms with Gasteiger partial charge in [-0.3, -0.25) is 0 Å². The maximum absolute atomic E-state index is 5.72. The van der Waals surface area contributed by atoms with Gasteiger partial charge in [-0.05, 0) is 22.4 Å². The number of nitrogen functional groups attached to an aromatic ring is 1. The molecule has 60 valence electrons. The highest BCUT2D eigenvalue weighted by molar-refractivity contribution is 9.10. The van der Waals surface area contributed by atoms with Gasteiger partial charge in [-0.15, -0.1) is 0 Å². The first-order valence-corrected chi connectivity index (χ1v) is 4.29. The van der Waals surface area contributed by atoms with Crippen LogP contribution in [0.2, 0.25) is 5.15 Å². The molecule has 11 heavy (non-hydrogen) atoms. The Labute approximate surface area is 78.1 Å². The molecule has 0 saturated carbocycles. The molecule has 2 N–H and O–H groups in total. The number of aromatic nitrogens is 2. The monoisotopic (exact) mass is 235 g/mol. The van der Waals surface area contributed by atoms with E-state index in [4.69, 9.17) is 17.3 Å². The van der Waals surface area contributed by atoms with E-state index in [-0.39, 0.29) is 5.95 Å². The van der Waals surface area contributed by atoms with E-state index in [9.17, 15) is 0 Å². The second-order valence-corrected chi connectivity index (χ2v) is 3.14. The lowest BCUT2D eigenvalue weighted by Crippen LogP contribution is -1.99. The molecule has 1 aromatic rings. The number of hydrogen-bond donors (Lipinski definition) is 1. The van der Waals surface area contributed by atoms with Crippen molar-refractivity contribution in [3.63, 3.8) is 0 Å². The van der Waals surface area contributed by atoms with Gasteiger partial charge in [0, 0.05) is 0 Å². The number of anilines is 1. The van der Waals surface area contributed by atoms with Gasteiger partial charge in [-0.1, -0.05) is 18.5 Å². The first kappa shape index (κ1) is 8.74. The third-order valence-electron chi connectivity index (χ3n) is 1.23. The molecule has 0 aliphatic rings. The molecule has 3 nitrogen and oxygen atoms in total. The fourth-order valence-corrected chi connectivity index (χ4v) is 1.37. The SMILES string of the molecule is CCc1nc(N)nc(Cl)c1Br. The Balaban J connectivity index is 3.24. The van der Waals surface area contributed by atoms with Crippen LogP contribution in [0.5, 0.6) is 0 Å². The lowest BCUT2D eigenvalue weighted by molar-refractivity contribution is 0.994. The van der Waals surface area contributed by atoms with Crippen LogP contribution in [-0.2, 0) is 6.42 Å². The van der Waals surface area contributed by atoms with Crippen LogP contribution in [-0.4, -0.2) is 9.97 Å². The van der Waals surface area contributed by atoms with Crippen LogP contribution in [0.4, 0.5) is 5.95 Å². The van der Waals surface area contributed by atoms with Crippen molar-refractivity contribution >= 4 is 33.5 Å². The van der Waals surface area contributed by atoms with E-state index in [0.717, 1.165) is 16.6 Å². The third-order valence-corrected chi connectivity index (χ3v) is 2.57. The zero-order valence-electron chi connectivity index (χ0n) is 5.93. The van der Waals surface area contributed by atoms with E-state index >= 15 is 0 Å². The van der Waals surface area contributed by atoms with Gasteiger partial charge >= 0.3 is 0 Å². The van der Waals surface area contributed by atoms with Crippen LogP contribution in [0, 0.1) is 0 Å². The Morgan fingerprint density at radius 3 is 2.73 bits per heavy atom. The Hall–Kier alpha value is -0.350. The smallest absolute Gasteiger partial charge is 0.221 e. The van der Waals surface area contributed by atoms with Crippen molar-refractivity contribution in [2.24, 2.45) is 0 Å². The van der Waals surface area contributed by atoms with E-state index in [1.807, 2.05) is 6.92 Å². The summed E-state index contributed by atoms with van der Waals surface area (Å²) in [5.74, 6) is 0.218. The van der Waals surface area contributed by atoms with Crippen molar-refractivity contribution in [3.8, 4) is 0 Å². The minimum Gasteiger partial charge on any atom is -0.368 e. The quantitative estimate of drug-likeness (QED) is 0.759. The summed E-state index contributed by atoms with van der Waals surface area (Å²) in [6.45, 7) is 1.98. The molecule has 0 atom stereocenters. The number of aryl methyl sites for hydroxylation is 1. The molecule has 0 aliphatic heterocycles. The molecular weight excluding hydrogens is 229 g/mol. The van der Waals surface area contributed by atoms with E-state index in [1.54, 1.807) is 0 Å². The second kappa shape index (κ2) is 3.36. The van der Waals surface area contributed by atoms with Gasteiger partial charge in [0.25, 0.3) is 0 Å². The Morgan fingerprint density at radius 2 is 2.18 bits per heavy atom. The van der Waals surface area contributed by atoms with Gasteiger partial charge < -0.3 is 5.73 Å². The standard InChI is InChI=1S/C6H7BrClN3/c1-2-3-4(7)5(8)11-6(9)10-3/h2H2,1H3,(H2,9,10,11). The van der Waals surface area contributed by atoms with Gasteiger partial charge in [0.15, 0.2) is 0 Å². The molecule has 1 aromatic heterocycles. The third kappa shape index (κ3) is 1.81. The molecule has 0 fully saturated rings. The number of rotatable bonds is 1. The lowest BCUT2D eigenvalue weighted by Gasteiger charge is -2.01. The van der Waals surface area contributed by atoms with Crippen LogP contribution in [0.25, 0.3) is 0 Å². The molecule has 0 spiro atoms. The molecule has 0 saturated heterocycles. The summed E-state index contributed by atoms with van der Waals surface area (Å²) < 4.78 is 0.732. The number of halogens is 2. The summed E-state index contributed by atoms with van der Waals surface area (Å²) in [5.41, 5.74) is 6.21. The van der Waals surface area contributed by atoms with Gasteiger partial charge in [0.2, 0.25) is 5.95 Å². The van der Waals surface area contributed by atoms with Crippen LogP contribution < -0.4 is 5.73 Å². The number of nitrogens with two attached hydrogens (primary N) is 1. The molecule has 5 heteroatoms. The van der Waals surface area contributed by atoms with Crippen molar-refractivity contribution in [1.82, 2.24) is 9.97 Å². The first-order chi connectivity index (χ1) is 5.15. The van der Waals surface area contributed by atoms with Crippen molar-refractivity contribution in [2.75, 3.05) is 5.73 Å². The van der Waals surface area contributed by atoms with E-state index in [0.29, 0.717) is 5.15 Å². The van der Waals surface area contributed by atoms with Crippen LogP contribution >= 0.6 is 27.5 Å². The van der Waals surface area contributed by atoms with Crippen molar-refractivity contribution in [1.29, 1.82) is 0 Å². The Kier molecular flexibility index (Phi) is 2.67. The lowest BCUT2D eigenvalue weighted by atomic mass is 10.3. The van der Waals surface area contributed by atoms with Gasteiger partial charge in [-0.2, -0.15) is 0 Å². The molecule has 0 bridgehead atoms. The largest absolute Gasteiger partial charge is 0.368 e. The minimum absolute atomic E-state index is 0.218. The number of nitrogens with zero attached hydrogens (tertiary/aromatic N) is 2. The highest BCUT2D eigenvalue weighted by Gasteiger charge is 2.06. The molecule has 0 amide bonds. The second-order valence-electron chi connectivity index (χ2n) is 1.99. The molecular formula is C6H7BrClN3. The Morgan fingerprint density at radius 1 is 1.55 bits per heavy atom. The summed E-state index contributed by atoms with van der Waals surface area (Å²) >= 11 is 8.98. The molecule has 1 heterocycles. The topological polar surface area (TPSA) is 51.8 Å². The maximum atomic E-state index is 5.72. The fraction of sp³-hybridized carbons (Fsp3) is 0.333. The van der Waals surface area contributed by atoms with Gasteiger partial charge in [0.1, 0.15) is 5.15 Å². The minimum atomic E-state index is 0.218. The highest BCUT2D eigenvalue weighted by Crippen LogP contribution is 2.23. The average Bonchev–Trinajstić information content (AvgIpc) is 1.96. The predicted molar refractivity (Wildman–Crippen MR) is 48.5 cm³/mol. The van der Waals surface area contributed by atoms with Gasteiger partial charge in [-0.25, -0.2) is 9.97 Å². The van der Waals surface area contributed by atoms with Crippen LogP contribution in [0.1, 0.15) is 12.6 Å². The van der Waals surface area contributed by atoms with E-state index in [1.165, 1.54) is 0 Å². The van der Waals surface area contributed by atoms with Crippen LogP contribution in [0.3, 0.4) is 0 Å². The van der Waals surface area contributed by atoms with Crippen molar-refractivity contribution in [2.45, 2.75) is 13.3 Å². The van der Waals surface area contributed by atoms with Crippen molar-refractivity contribution < 1.29 is 0 Å².